The molecule has 1 aromatic heterocycles. The van der Waals surface area contributed by atoms with Crippen LogP contribution in [-0.4, -0.2) is 42.6 Å². The molecule has 2 heterocycles. The number of piperidine rings is 1. The molecule has 8 nitrogen and oxygen atoms in total. The van der Waals surface area contributed by atoms with Crippen molar-refractivity contribution in [2.45, 2.75) is 37.5 Å². The van der Waals surface area contributed by atoms with Crippen LogP contribution < -0.4 is 10.6 Å². The van der Waals surface area contributed by atoms with Crippen LogP contribution in [0.3, 0.4) is 0 Å². The molecule has 2 aromatic carbocycles. The van der Waals surface area contributed by atoms with Crippen molar-refractivity contribution in [1.82, 2.24) is 9.29 Å². The Hall–Kier alpha value is -3.08. The number of nitrogens with one attached hydrogen (secondary N) is 2. The van der Waals surface area contributed by atoms with Gasteiger partial charge in [-0.05, 0) is 42.7 Å². The van der Waals surface area contributed by atoms with Gasteiger partial charge in [0.05, 0.1) is 17.0 Å². The molecule has 1 aliphatic heterocycles. The van der Waals surface area contributed by atoms with E-state index in [9.17, 15) is 18.0 Å². The second-order valence-corrected chi connectivity index (χ2v) is 10.9. The molecule has 0 radical (unpaired) electrons. The maximum absolute atomic E-state index is 12.8. The van der Waals surface area contributed by atoms with Crippen LogP contribution in [-0.2, 0) is 26.0 Å². The first-order valence-corrected chi connectivity index (χ1v) is 13.4. The summed E-state index contributed by atoms with van der Waals surface area (Å²) in [5.41, 5.74) is 3.02. The van der Waals surface area contributed by atoms with Gasteiger partial charge in [-0.3, -0.25) is 9.59 Å². The number of rotatable bonds is 7. The molecule has 0 bridgehead atoms. The average Bonchev–Trinajstić information content (AvgIpc) is 3.28. The van der Waals surface area contributed by atoms with E-state index in [4.69, 9.17) is 0 Å². The van der Waals surface area contributed by atoms with E-state index >= 15 is 0 Å². The highest BCUT2D eigenvalue weighted by Gasteiger charge is 2.25. The lowest BCUT2D eigenvalue weighted by Crippen LogP contribution is -2.35. The molecular formula is C24H26N4O4S2. The van der Waals surface area contributed by atoms with E-state index in [1.165, 1.54) is 22.6 Å². The fourth-order valence-corrected chi connectivity index (χ4v) is 6.03. The molecular weight excluding hydrogens is 472 g/mol. The monoisotopic (exact) mass is 498 g/mol. The van der Waals surface area contributed by atoms with Crippen molar-refractivity contribution in [3.63, 3.8) is 0 Å². The minimum Gasteiger partial charge on any atom is -0.326 e. The van der Waals surface area contributed by atoms with Crippen molar-refractivity contribution in [1.29, 1.82) is 0 Å². The van der Waals surface area contributed by atoms with E-state index in [1.54, 1.807) is 36.4 Å². The normalized spacial score (nSPS) is 14.5. The van der Waals surface area contributed by atoms with Crippen LogP contribution in [0.4, 0.5) is 10.8 Å². The molecule has 0 unspecified atom stereocenters. The van der Waals surface area contributed by atoms with E-state index in [0.29, 0.717) is 23.9 Å². The smallest absolute Gasteiger partial charge is 0.243 e. The van der Waals surface area contributed by atoms with E-state index in [2.05, 4.69) is 15.6 Å². The van der Waals surface area contributed by atoms with Gasteiger partial charge in [0.15, 0.2) is 5.13 Å². The minimum absolute atomic E-state index is 0.115. The molecule has 1 aliphatic rings. The first-order valence-electron chi connectivity index (χ1n) is 11.0. The van der Waals surface area contributed by atoms with E-state index in [1.807, 2.05) is 17.5 Å². The topological polar surface area (TPSA) is 108 Å². The number of thiazole rings is 1. The van der Waals surface area contributed by atoms with Crippen LogP contribution in [0.15, 0.2) is 58.8 Å². The third kappa shape index (κ3) is 5.88. The number of amides is 2. The van der Waals surface area contributed by atoms with Gasteiger partial charge in [0.2, 0.25) is 21.8 Å². The zero-order valence-corrected chi connectivity index (χ0v) is 20.4. The molecule has 4 rings (SSSR count). The Balaban J connectivity index is 1.35. The Morgan fingerprint density at radius 1 is 0.971 bits per heavy atom. The van der Waals surface area contributed by atoms with E-state index in [-0.39, 0.29) is 23.1 Å². The quantitative estimate of drug-likeness (QED) is 0.509. The second-order valence-electron chi connectivity index (χ2n) is 8.13. The van der Waals surface area contributed by atoms with Gasteiger partial charge >= 0.3 is 0 Å². The zero-order chi connectivity index (χ0) is 24.1. The van der Waals surface area contributed by atoms with E-state index in [0.717, 1.165) is 36.1 Å². The van der Waals surface area contributed by atoms with Crippen LogP contribution in [0.1, 0.15) is 31.7 Å². The van der Waals surface area contributed by atoms with Gasteiger partial charge in [-0.15, -0.1) is 11.3 Å². The SMILES string of the molecule is CC(=O)Nc1ccc(-c2csc(NC(=O)Cc3ccc(S(=O)(=O)N4CCCCC4)cc3)n2)cc1. The minimum atomic E-state index is -3.48. The molecule has 0 spiro atoms. The zero-order valence-electron chi connectivity index (χ0n) is 18.8. The van der Waals surface area contributed by atoms with Crippen LogP contribution in [0.25, 0.3) is 11.3 Å². The third-order valence-corrected chi connectivity index (χ3v) is 8.16. The summed E-state index contributed by atoms with van der Waals surface area (Å²) in [4.78, 5) is 28.4. The highest BCUT2D eigenvalue weighted by Crippen LogP contribution is 2.26. The van der Waals surface area contributed by atoms with Crippen LogP contribution in [0.5, 0.6) is 0 Å². The van der Waals surface area contributed by atoms with Gasteiger partial charge in [-0.1, -0.05) is 30.7 Å². The highest BCUT2D eigenvalue weighted by molar-refractivity contribution is 7.89. The van der Waals surface area contributed by atoms with Crippen molar-refractivity contribution in [3.05, 3.63) is 59.5 Å². The van der Waals surface area contributed by atoms with Gasteiger partial charge in [-0.2, -0.15) is 4.31 Å². The molecule has 1 fully saturated rings. The van der Waals surface area contributed by atoms with Gasteiger partial charge in [0.1, 0.15) is 0 Å². The van der Waals surface area contributed by atoms with Crippen molar-refractivity contribution in [2.75, 3.05) is 23.7 Å². The summed E-state index contributed by atoms with van der Waals surface area (Å²) in [5.74, 6) is -0.363. The first-order chi connectivity index (χ1) is 16.3. The number of sulfonamides is 1. The molecule has 2 amide bonds. The van der Waals surface area contributed by atoms with Gasteiger partial charge in [0.25, 0.3) is 0 Å². The van der Waals surface area contributed by atoms with Crippen molar-refractivity contribution in [3.8, 4) is 11.3 Å². The molecule has 2 N–H and O–H groups in total. The Morgan fingerprint density at radius 3 is 2.29 bits per heavy atom. The summed E-state index contributed by atoms with van der Waals surface area (Å²) in [7, 11) is -3.48. The van der Waals surface area contributed by atoms with Crippen molar-refractivity contribution in [2.24, 2.45) is 0 Å². The number of carbonyl (C=O) groups is 2. The summed E-state index contributed by atoms with van der Waals surface area (Å²) >= 11 is 1.32. The number of aromatic nitrogens is 1. The number of benzene rings is 2. The van der Waals surface area contributed by atoms with Crippen LogP contribution in [0, 0.1) is 0 Å². The number of anilines is 2. The Kier molecular flexibility index (Phi) is 7.40. The number of carbonyl (C=O) groups excluding carboxylic acids is 2. The largest absolute Gasteiger partial charge is 0.326 e. The molecule has 34 heavy (non-hydrogen) atoms. The van der Waals surface area contributed by atoms with Crippen LogP contribution >= 0.6 is 11.3 Å². The first kappa shape index (κ1) is 24.1. The Bertz CT molecular complexity index is 1260. The van der Waals surface area contributed by atoms with Crippen LogP contribution in [0.2, 0.25) is 0 Å². The Morgan fingerprint density at radius 2 is 1.65 bits per heavy atom. The van der Waals surface area contributed by atoms with Crippen molar-refractivity contribution < 1.29 is 18.0 Å². The lowest BCUT2D eigenvalue weighted by atomic mass is 10.1. The van der Waals surface area contributed by atoms with Crippen molar-refractivity contribution >= 4 is 44.0 Å². The van der Waals surface area contributed by atoms with E-state index < -0.39 is 10.0 Å². The molecule has 1 saturated heterocycles. The molecule has 178 valence electrons. The fraction of sp³-hybridized carbons (Fsp3) is 0.292. The summed E-state index contributed by atoms with van der Waals surface area (Å²) in [5, 5.41) is 7.85. The third-order valence-electron chi connectivity index (χ3n) is 5.49. The van der Waals surface area contributed by atoms with Gasteiger partial charge < -0.3 is 10.6 Å². The summed E-state index contributed by atoms with van der Waals surface area (Å²) in [6.45, 7) is 2.57. The molecule has 3 aromatic rings. The number of nitrogens with zero attached hydrogens (tertiary/aromatic N) is 2. The standard InChI is InChI=1S/C24H26N4O4S2/c1-17(29)25-20-9-7-19(8-10-20)22-16-33-24(26-22)27-23(30)15-18-5-11-21(12-6-18)34(31,32)28-13-3-2-4-14-28/h5-12,16H,2-4,13-15H2,1H3,(H,25,29)(H,26,27,30). The maximum Gasteiger partial charge on any atom is 0.243 e. The fourth-order valence-electron chi connectivity index (χ4n) is 3.77. The predicted octanol–water partition coefficient (Wildman–Crippen LogP) is 4.12. The average molecular weight is 499 g/mol. The maximum atomic E-state index is 12.8. The molecule has 0 aliphatic carbocycles. The molecule has 10 heteroatoms. The summed E-state index contributed by atoms with van der Waals surface area (Å²) in [6.07, 6.45) is 2.95. The van der Waals surface area contributed by atoms with Gasteiger partial charge in [-0.25, -0.2) is 13.4 Å². The number of hydrogen-bond donors (Lipinski definition) is 2. The second kappa shape index (κ2) is 10.5. The number of hydrogen-bond acceptors (Lipinski definition) is 6. The molecule has 0 atom stereocenters. The Labute approximate surface area is 203 Å². The highest BCUT2D eigenvalue weighted by atomic mass is 32.2. The van der Waals surface area contributed by atoms with Gasteiger partial charge in [0, 0.05) is 36.6 Å². The molecule has 0 saturated carbocycles. The lowest BCUT2D eigenvalue weighted by Gasteiger charge is -2.25. The summed E-state index contributed by atoms with van der Waals surface area (Å²) < 4.78 is 27.1. The predicted molar refractivity (Wildman–Crippen MR) is 133 cm³/mol. The lowest BCUT2D eigenvalue weighted by molar-refractivity contribution is -0.116. The summed E-state index contributed by atoms with van der Waals surface area (Å²) in [6, 6.07) is 13.8.